The first-order valence-electron chi connectivity index (χ1n) is 10.0. The van der Waals surface area contributed by atoms with Crippen molar-refractivity contribution in [3.63, 3.8) is 0 Å². The molecule has 1 saturated carbocycles. The summed E-state index contributed by atoms with van der Waals surface area (Å²) in [6, 6.07) is 4.72. The molecule has 3 heterocycles. The Morgan fingerprint density at radius 2 is 2.10 bits per heavy atom. The maximum absolute atomic E-state index is 13.7. The number of hydrogen-bond acceptors (Lipinski definition) is 4. The number of aryl methyl sites for hydroxylation is 1. The number of imidazole rings is 1. The van der Waals surface area contributed by atoms with E-state index in [-0.39, 0.29) is 30.5 Å². The first-order valence-corrected chi connectivity index (χ1v) is 10.6. The minimum absolute atomic E-state index is 0.149. The third kappa shape index (κ3) is 4.16. The first-order chi connectivity index (χ1) is 14.4. The van der Waals surface area contributed by atoms with Gasteiger partial charge in [-0.3, -0.25) is 9.48 Å². The lowest BCUT2D eigenvalue weighted by molar-refractivity contribution is -0.0495. The van der Waals surface area contributed by atoms with E-state index >= 15 is 0 Å². The third-order valence-corrected chi connectivity index (χ3v) is 5.89. The Balaban J connectivity index is 1.66. The van der Waals surface area contributed by atoms with E-state index in [4.69, 9.17) is 11.6 Å². The van der Waals surface area contributed by atoms with Crippen LogP contribution in [0.3, 0.4) is 0 Å². The van der Waals surface area contributed by atoms with Crippen LogP contribution in [0.2, 0.25) is 0 Å². The van der Waals surface area contributed by atoms with Gasteiger partial charge >= 0.3 is 0 Å². The molecule has 1 amide bonds. The van der Waals surface area contributed by atoms with Gasteiger partial charge < -0.3 is 5.32 Å². The Hall–Kier alpha value is -2.55. The fourth-order valence-electron chi connectivity index (χ4n) is 3.98. The number of carbonyl (C=O) groups excluding carboxylic acids is 1. The molecule has 30 heavy (non-hydrogen) atoms. The van der Waals surface area contributed by atoms with Crippen molar-refractivity contribution in [2.45, 2.75) is 57.0 Å². The van der Waals surface area contributed by atoms with Crippen LogP contribution in [0.1, 0.15) is 60.5 Å². The highest BCUT2D eigenvalue weighted by Crippen LogP contribution is 2.41. The zero-order valence-corrected chi connectivity index (χ0v) is 17.3. The number of nitrogens with zero attached hydrogens (tertiary/aromatic N) is 5. The van der Waals surface area contributed by atoms with E-state index in [2.05, 4.69) is 20.5 Å². The lowest BCUT2D eigenvalue weighted by Gasteiger charge is -2.33. The van der Waals surface area contributed by atoms with Crippen molar-refractivity contribution in [3.05, 3.63) is 47.7 Å². The average Bonchev–Trinajstić information content (AvgIpc) is 3.38. The van der Waals surface area contributed by atoms with Crippen LogP contribution in [-0.2, 0) is 12.4 Å². The van der Waals surface area contributed by atoms with Gasteiger partial charge in [-0.1, -0.05) is 0 Å². The standard InChI is InChI=1S/C20H23ClF2N6O/c1-2-28-16(7-10-24-28)19(30)26-18(13-5-8-20(22,23)9-6-13)15-12-29-17(25-15)4-3-14(11-21)27-29/h3-4,7,10,12-13,18H,2,5-6,8-9,11H2,1H3,(H,26,30)/t18-/m0/s1. The Morgan fingerprint density at radius 3 is 2.80 bits per heavy atom. The molecular weight excluding hydrogens is 414 g/mol. The van der Waals surface area contributed by atoms with E-state index in [1.807, 2.05) is 6.92 Å². The topological polar surface area (TPSA) is 77.1 Å². The Kier molecular flexibility index (Phi) is 5.73. The van der Waals surface area contributed by atoms with E-state index in [1.165, 1.54) is 0 Å². The highest BCUT2D eigenvalue weighted by atomic mass is 35.5. The van der Waals surface area contributed by atoms with E-state index in [1.54, 1.807) is 39.8 Å². The zero-order chi connectivity index (χ0) is 21.3. The fourth-order valence-corrected chi connectivity index (χ4v) is 4.13. The number of nitrogens with one attached hydrogen (secondary N) is 1. The molecule has 0 aliphatic heterocycles. The number of fused-ring (bicyclic) bond motifs is 1. The van der Waals surface area contributed by atoms with Gasteiger partial charge in [0.1, 0.15) is 5.69 Å². The molecule has 0 bridgehead atoms. The summed E-state index contributed by atoms with van der Waals surface area (Å²) in [7, 11) is 0. The predicted octanol–water partition coefficient (Wildman–Crippen LogP) is 3.98. The van der Waals surface area contributed by atoms with Gasteiger partial charge in [0.15, 0.2) is 5.65 Å². The van der Waals surface area contributed by atoms with Crippen molar-refractivity contribution in [3.8, 4) is 0 Å². The van der Waals surface area contributed by atoms with Crippen molar-refractivity contribution in [2.75, 3.05) is 0 Å². The molecular formula is C20H23ClF2N6O. The first kappa shape index (κ1) is 20.7. The van der Waals surface area contributed by atoms with Crippen LogP contribution in [0.25, 0.3) is 5.65 Å². The van der Waals surface area contributed by atoms with Crippen molar-refractivity contribution in [2.24, 2.45) is 5.92 Å². The Labute approximate surface area is 177 Å². The van der Waals surface area contributed by atoms with Crippen molar-refractivity contribution >= 4 is 23.2 Å². The highest BCUT2D eigenvalue weighted by Gasteiger charge is 2.39. The average molecular weight is 437 g/mol. The zero-order valence-electron chi connectivity index (χ0n) is 16.6. The second kappa shape index (κ2) is 8.29. The van der Waals surface area contributed by atoms with Crippen LogP contribution < -0.4 is 5.32 Å². The van der Waals surface area contributed by atoms with Crippen molar-refractivity contribution in [1.82, 2.24) is 29.7 Å². The van der Waals surface area contributed by atoms with E-state index in [0.29, 0.717) is 42.1 Å². The number of hydrogen-bond donors (Lipinski definition) is 1. The van der Waals surface area contributed by atoms with E-state index in [0.717, 1.165) is 0 Å². The van der Waals surface area contributed by atoms with Gasteiger partial charge in [0.05, 0.1) is 29.5 Å². The number of halogens is 3. The second-order valence-corrected chi connectivity index (χ2v) is 7.87. The quantitative estimate of drug-likeness (QED) is 0.593. The summed E-state index contributed by atoms with van der Waals surface area (Å²) < 4.78 is 30.7. The smallest absolute Gasteiger partial charge is 0.270 e. The van der Waals surface area contributed by atoms with Gasteiger partial charge in [0.25, 0.3) is 5.91 Å². The molecule has 0 saturated heterocycles. The van der Waals surface area contributed by atoms with E-state index in [9.17, 15) is 13.6 Å². The SMILES string of the molecule is CCn1nccc1C(=O)N[C@H](c1cn2nc(CCl)ccc2n1)C1CCC(F)(F)CC1. The van der Waals surface area contributed by atoms with Crippen molar-refractivity contribution < 1.29 is 13.6 Å². The molecule has 0 radical (unpaired) electrons. The molecule has 1 aliphatic rings. The van der Waals surface area contributed by atoms with Crippen LogP contribution in [0, 0.1) is 5.92 Å². The maximum Gasteiger partial charge on any atom is 0.270 e. The van der Waals surface area contributed by atoms with Gasteiger partial charge in [-0.2, -0.15) is 10.2 Å². The Bertz CT molecular complexity index is 1040. The lowest BCUT2D eigenvalue weighted by Crippen LogP contribution is -2.38. The molecule has 10 heteroatoms. The number of alkyl halides is 3. The predicted molar refractivity (Wildman–Crippen MR) is 108 cm³/mol. The fraction of sp³-hybridized carbons (Fsp3) is 0.500. The molecule has 1 atom stereocenters. The van der Waals surface area contributed by atoms with Crippen molar-refractivity contribution in [1.29, 1.82) is 0 Å². The molecule has 1 N–H and O–H groups in total. The number of amides is 1. The van der Waals surface area contributed by atoms with Gasteiger partial charge in [-0.15, -0.1) is 11.6 Å². The number of aromatic nitrogens is 5. The van der Waals surface area contributed by atoms with Crippen LogP contribution in [-0.4, -0.2) is 36.2 Å². The molecule has 3 aromatic heterocycles. The summed E-state index contributed by atoms with van der Waals surface area (Å²) >= 11 is 5.87. The minimum Gasteiger partial charge on any atom is -0.342 e. The normalized spacial score (nSPS) is 17.9. The van der Waals surface area contributed by atoms with Crippen LogP contribution in [0.15, 0.2) is 30.6 Å². The molecule has 7 nitrogen and oxygen atoms in total. The lowest BCUT2D eigenvalue weighted by atomic mass is 9.81. The molecule has 0 spiro atoms. The summed E-state index contributed by atoms with van der Waals surface area (Å²) in [6.07, 6.45) is 3.52. The molecule has 1 aliphatic carbocycles. The molecule has 0 unspecified atom stereocenters. The maximum atomic E-state index is 13.7. The Morgan fingerprint density at radius 1 is 1.33 bits per heavy atom. The van der Waals surface area contributed by atoms with Gasteiger partial charge in [-0.05, 0) is 43.9 Å². The summed E-state index contributed by atoms with van der Waals surface area (Å²) in [6.45, 7) is 2.45. The van der Waals surface area contributed by atoms with Crippen LogP contribution in [0.5, 0.6) is 0 Å². The molecule has 160 valence electrons. The van der Waals surface area contributed by atoms with E-state index < -0.39 is 12.0 Å². The summed E-state index contributed by atoms with van der Waals surface area (Å²) in [5.74, 6) is -2.84. The molecule has 0 aromatic carbocycles. The summed E-state index contributed by atoms with van der Waals surface area (Å²) in [4.78, 5) is 17.6. The molecule has 3 aromatic rings. The minimum atomic E-state index is -2.65. The van der Waals surface area contributed by atoms with Crippen LogP contribution >= 0.6 is 11.6 Å². The van der Waals surface area contributed by atoms with Gasteiger partial charge in [0.2, 0.25) is 5.92 Å². The summed E-state index contributed by atoms with van der Waals surface area (Å²) in [5.41, 5.74) is 2.33. The van der Waals surface area contributed by atoms with Gasteiger partial charge in [0, 0.05) is 25.6 Å². The number of carbonyl (C=O) groups is 1. The second-order valence-electron chi connectivity index (χ2n) is 7.60. The third-order valence-electron chi connectivity index (χ3n) is 5.62. The highest BCUT2D eigenvalue weighted by molar-refractivity contribution is 6.16. The summed E-state index contributed by atoms with van der Waals surface area (Å²) in [5, 5.41) is 11.6. The van der Waals surface area contributed by atoms with Gasteiger partial charge in [-0.25, -0.2) is 18.3 Å². The largest absolute Gasteiger partial charge is 0.342 e. The number of rotatable bonds is 6. The molecule has 4 rings (SSSR count). The van der Waals surface area contributed by atoms with Crippen LogP contribution in [0.4, 0.5) is 8.78 Å². The monoisotopic (exact) mass is 436 g/mol. The molecule has 1 fully saturated rings.